The highest BCUT2D eigenvalue weighted by Crippen LogP contribution is 2.28. The van der Waals surface area contributed by atoms with E-state index in [1.807, 2.05) is 24.3 Å². The van der Waals surface area contributed by atoms with Crippen molar-refractivity contribution in [2.45, 2.75) is 33.7 Å². The lowest BCUT2D eigenvalue weighted by Crippen LogP contribution is -2.40. The van der Waals surface area contributed by atoms with E-state index < -0.39 is 0 Å². The lowest BCUT2D eigenvalue weighted by Gasteiger charge is -2.23. The van der Waals surface area contributed by atoms with Gasteiger partial charge in [-0.2, -0.15) is 4.98 Å². The van der Waals surface area contributed by atoms with Gasteiger partial charge in [-0.05, 0) is 43.0 Å². The zero-order valence-corrected chi connectivity index (χ0v) is 18.4. The Morgan fingerprint density at radius 1 is 1.35 bits per heavy atom. The van der Waals surface area contributed by atoms with Gasteiger partial charge in [-0.1, -0.05) is 30.6 Å². The molecule has 8 heteroatoms. The Balaban J connectivity index is 0.00000243. The van der Waals surface area contributed by atoms with Gasteiger partial charge in [-0.15, -0.1) is 24.0 Å². The lowest BCUT2D eigenvalue weighted by molar-refractivity contribution is 0.366. The third-order valence-corrected chi connectivity index (χ3v) is 4.50. The van der Waals surface area contributed by atoms with E-state index in [1.54, 1.807) is 0 Å². The molecule has 0 amide bonds. The maximum Gasteiger partial charge on any atom is 0.248 e. The van der Waals surface area contributed by atoms with Gasteiger partial charge in [0.05, 0.1) is 0 Å². The molecule has 2 heterocycles. The van der Waals surface area contributed by atoms with Gasteiger partial charge in [-0.25, -0.2) is 4.99 Å². The van der Waals surface area contributed by atoms with Gasteiger partial charge >= 0.3 is 0 Å². The smallest absolute Gasteiger partial charge is 0.248 e. The van der Waals surface area contributed by atoms with Crippen molar-refractivity contribution in [2.24, 2.45) is 10.4 Å². The summed E-state index contributed by atoms with van der Waals surface area (Å²) in [5.41, 5.74) is 1.19. The molecule has 0 unspecified atom stereocenters. The maximum atomic E-state index is 5.91. The van der Waals surface area contributed by atoms with Gasteiger partial charge in [0.25, 0.3) is 0 Å². The molecular weight excluding hydrogens is 465 g/mol. The number of benzene rings is 1. The molecule has 1 saturated heterocycles. The van der Waals surface area contributed by atoms with Gasteiger partial charge in [-0.3, -0.25) is 0 Å². The van der Waals surface area contributed by atoms with Gasteiger partial charge in [0.1, 0.15) is 6.54 Å². The Hall–Kier alpha value is -1.35. The van der Waals surface area contributed by atoms with Crippen molar-refractivity contribution >= 4 is 41.5 Å². The van der Waals surface area contributed by atoms with Crippen LogP contribution in [0.25, 0.3) is 11.4 Å². The molecule has 2 aromatic rings. The molecule has 142 valence electrons. The van der Waals surface area contributed by atoms with Gasteiger partial charge in [0.2, 0.25) is 11.7 Å². The number of aromatic nitrogens is 2. The average molecular weight is 490 g/mol. The number of aliphatic imine (C=N–C) groups is 1. The summed E-state index contributed by atoms with van der Waals surface area (Å²) >= 11 is 5.91. The summed E-state index contributed by atoms with van der Waals surface area (Å²) in [4.78, 5) is 11.4. The summed E-state index contributed by atoms with van der Waals surface area (Å²) in [6.45, 7) is 9.84. The lowest BCUT2D eigenvalue weighted by atomic mass is 9.93. The molecule has 3 rings (SSSR count). The van der Waals surface area contributed by atoms with Crippen LogP contribution in [-0.2, 0) is 6.54 Å². The number of hydrogen-bond acceptors (Lipinski definition) is 4. The molecule has 0 radical (unpaired) electrons. The molecule has 6 nitrogen and oxygen atoms in total. The highest BCUT2D eigenvalue weighted by atomic mass is 127. The third-order valence-electron chi connectivity index (χ3n) is 4.25. The summed E-state index contributed by atoms with van der Waals surface area (Å²) in [5, 5.41) is 8.06. The van der Waals surface area contributed by atoms with Crippen molar-refractivity contribution in [3.8, 4) is 11.4 Å². The quantitative estimate of drug-likeness (QED) is 0.396. The van der Waals surface area contributed by atoms with Crippen LogP contribution >= 0.6 is 35.6 Å². The van der Waals surface area contributed by atoms with E-state index in [4.69, 9.17) is 16.1 Å². The third kappa shape index (κ3) is 5.33. The topological polar surface area (TPSA) is 66.5 Å². The molecule has 1 aromatic heterocycles. The van der Waals surface area contributed by atoms with E-state index in [-0.39, 0.29) is 24.0 Å². The van der Waals surface area contributed by atoms with Crippen molar-refractivity contribution in [3.05, 3.63) is 35.2 Å². The Morgan fingerprint density at radius 3 is 2.69 bits per heavy atom. The minimum absolute atomic E-state index is 0. The predicted molar refractivity (Wildman–Crippen MR) is 115 cm³/mol. The SMILES string of the molecule is CCNC(=NCc1nc(-c2ccc(Cl)cc2)no1)N1CCC(C)(C)C1.I. The molecule has 0 saturated carbocycles. The van der Waals surface area contributed by atoms with Crippen LogP contribution in [0.5, 0.6) is 0 Å². The molecule has 1 fully saturated rings. The molecular formula is C18H25ClIN5O. The molecule has 1 N–H and O–H groups in total. The van der Waals surface area contributed by atoms with Gasteiger partial charge < -0.3 is 14.7 Å². The van der Waals surface area contributed by atoms with Crippen molar-refractivity contribution in [2.75, 3.05) is 19.6 Å². The van der Waals surface area contributed by atoms with Crippen molar-refractivity contribution in [1.29, 1.82) is 0 Å². The number of halogens is 2. The summed E-state index contributed by atoms with van der Waals surface area (Å²) in [5.74, 6) is 1.95. The van der Waals surface area contributed by atoms with E-state index in [9.17, 15) is 0 Å². The Bertz CT molecular complexity index is 744. The Kier molecular flexibility index (Phi) is 7.28. The second-order valence-electron chi connectivity index (χ2n) is 7.02. The van der Waals surface area contributed by atoms with Crippen LogP contribution in [0.4, 0.5) is 0 Å². The maximum absolute atomic E-state index is 5.91. The minimum atomic E-state index is 0. The fourth-order valence-electron chi connectivity index (χ4n) is 2.90. The molecule has 1 aromatic carbocycles. The van der Waals surface area contributed by atoms with Crippen LogP contribution in [0.15, 0.2) is 33.8 Å². The second kappa shape index (κ2) is 9.03. The van der Waals surface area contributed by atoms with Crippen molar-refractivity contribution in [1.82, 2.24) is 20.4 Å². The standard InChI is InChI=1S/C18H24ClN5O.HI/c1-4-20-17(24-10-9-18(2,3)12-24)21-11-15-22-16(23-25-15)13-5-7-14(19)8-6-13;/h5-8H,4,9-12H2,1-3H3,(H,20,21);1H. The first-order chi connectivity index (χ1) is 12.0. The van der Waals surface area contributed by atoms with Gasteiger partial charge in [0.15, 0.2) is 5.96 Å². The zero-order valence-electron chi connectivity index (χ0n) is 15.3. The number of nitrogens with zero attached hydrogens (tertiary/aromatic N) is 4. The van der Waals surface area contributed by atoms with E-state index in [1.165, 1.54) is 6.42 Å². The molecule has 0 aliphatic carbocycles. The monoisotopic (exact) mass is 489 g/mol. The predicted octanol–water partition coefficient (Wildman–Crippen LogP) is 4.21. The number of guanidine groups is 1. The molecule has 26 heavy (non-hydrogen) atoms. The first-order valence-corrected chi connectivity index (χ1v) is 8.96. The normalized spacial score (nSPS) is 16.5. The highest BCUT2D eigenvalue weighted by Gasteiger charge is 2.30. The largest absolute Gasteiger partial charge is 0.357 e. The average Bonchev–Trinajstić information content (AvgIpc) is 3.18. The fraction of sp³-hybridized carbons (Fsp3) is 0.500. The molecule has 0 spiro atoms. The van der Waals surface area contributed by atoms with E-state index >= 15 is 0 Å². The van der Waals surface area contributed by atoms with E-state index in [0.717, 1.165) is 31.2 Å². The summed E-state index contributed by atoms with van der Waals surface area (Å²) < 4.78 is 5.33. The summed E-state index contributed by atoms with van der Waals surface area (Å²) in [6.07, 6.45) is 1.17. The van der Waals surface area contributed by atoms with Crippen LogP contribution in [0.1, 0.15) is 33.1 Å². The number of likely N-dealkylation sites (tertiary alicyclic amines) is 1. The molecule has 0 atom stereocenters. The van der Waals surface area contributed by atoms with Crippen LogP contribution in [0.3, 0.4) is 0 Å². The van der Waals surface area contributed by atoms with Crippen LogP contribution in [-0.4, -0.2) is 40.6 Å². The first kappa shape index (κ1) is 21.0. The van der Waals surface area contributed by atoms with Crippen LogP contribution in [0.2, 0.25) is 5.02 Å². The Labute approximate surface area is 176 Å². The highest BCUT2D eigenvalue weighted by molar-refractivity contribution is 14.0. The molecule has 1 aliphatic heterocycles. The zero-order chi connectivity index (χ0) is 17.9. The summed E-state index contributed by atoms with van der Waals surface area (Å²) in [6, 6.07) is 7.36. The summed E-state index contributed by atoms with van der Waals surface area (Å²) in [7, 11) is 0. The minimum Gasteiger partial charge on any atom is -0.357 e. The number of hydrogen-bond donors (Lipinski definition) is 1. The second-order valence-corrected chi connectivity index (χ2v) is 7.46. The molecule has 0 bridgehead atoms. The molecule has 1 aliphatic rings. The van der Waals surface area contributed by atoms with Crippen molar-refractivity contribution < 1.29 is 4.52 Å². The van der Waals surface area contributed by atoms with Crippen molar-refractivity contribution in [3.63, 3.8) is 0 Å². The van der Waals surface area contributed by atoms with Crippen LogP contribution < -0.4 is 5.32 Å². The van der Waals surface area contributed by atoms with E-state index in [2.05, 4.69) is 46.1 Å². The Morgan fingerprint density at radius 2 is 2.08 bits per heavy atom. The fourth-order valence-corrected chi connectivity index (χ4v) is 3.02. The first-order valence-electron chi connectivity index (χ1n) is 8.59. The number of nitrogens with one attached hydrogen (secondary N) is 1. The van der Waals surface area contributed by atoms with Gasteiger partial charge in [0, 0.05) is 30.2 Å². The van der Waals surface area contributed by atoms with E-state index in [0.29, 0.717) is 28.7 Å². The van der Waals surface area contributed by atoms with Crippen LogP contribution in [0, 0.1) is 5.41 Å². The number of rotatable bonds is 4.